The van der Waals surface area contributed by atoms with Crippen LogP contribution >= 0.6 is 7.82 Å². The van der Waals surface area contributed by atoms with E-state index in [9.17, 15) is 74.9 Å². The summed E-state index contributed by atoms with van der Waals surface area (Å²) < 4.78 is 64.8. The van der Waals surface area contributed by atoms with Gasteiger partial charge >= 0.3 is 25.7 Å². The highest BCUT2D eigenvalue weighted by Gasteiger charge is 2.58. The van der Waals surface area contributed by atoms with Crippen molar-refractivity contribution in [2.75, 3.05) is 26.4 Å². The summed E-state index contributed by atoms with van der Waals surface area (Å²) in [5.41, 5.74) is 0. The molecule has 0 amide bonds. The SMILES string of the molecule is CCCCCCCCCCCCCCCCCC(=O)OCC1OC(OC2C(O)C(O)C(O)C(OC3OC(CO)C(O)C(O)C3O)C2OP(=O)(O)OCC(COC(=O)CCCCCCCCCCCCC)OC(=O)CCCCCCCCCCCCC)C(O)C(O)C1O. The first-order valence-electron chi connectivity index (χ1n) is 35.8. The molecule has 0 aromatic carbocycles. The molecule has 92 heavy (non-hydrogen) atoms. The molecule has 3 fully saturated rings. The maximum Gasteiger partial charge on any atom is 0.472 e. The van der Waals surface area contributed by atoms with Crippen LogP contribution in [0.4, 0.5) is 0 Å². The molecule has 3 aliphatic rings. The number of rotatable bonds is 55. The van der Waals surface area contributed by atoms with Crippen LogP contribution in [0.25, 0.3) is 0 Å². The highest BCUT2D eigenvalue weighted by atomic mass is 31.2. The lowest BCUT2D eigenvalue weighted by molar-refractivity contribution is -0.360. The molecule has 0 aromatic heterocycles. The smallest absolute Gasteiger partial charge is 0.463 e. The van der Waals surface area contributed by atoms with Crippen molar-refractivity contribution < 1.29 is 117 Å². The first-order valence-corrected chi connectivity index (χ1v) is 37.3. The van der Waals surface area contributed by atoms with Crippen molar-refractivity contribution in [3.8, 4) is 0 Å². The lowest BCUT2D eigenvalue weighted by Gasteiger charge is -2.49. The van der Waals surface area contributed by atoms with Gasteiger partial charge < -0.3 is 89.1 Å². The minimum atomic E-state index is -5.68. The third-order valence-corrected chi connectivity index (χ3v) is 18.9. The van der Waals surface area contributed by atoms with Gasteiger partial charge in [-0.3, -0.25) is 23.4 Å². The number of phosphoric ester groups is 1. The molecule has 1 aliphatic carbocycles. The zero-order valence-corrected chi connectivity index (χ0v) is 57.0. The summed E-state index contributed by atoms with van der Waals surface area (Å²) in [5.74, 6) is -1.98. The molecule has 25 heteroatoms. The Balaban J connectivity index is 1.74. The van der Waals surface area contributed by atoms with Gasteiger partial charge in [0.1, 0.15) is 98.7 Å². The van der Waals surface area contributed by atoms with Crippen LogP contribution < -0.4 is 0 Å². The van der Waals surface area contributed by atoms with Crippen molar-refractivity contribution in [3.63, 3.8) is 0 Å². The van der Waals surface area contributed by atoms with E-state index in [0.29, 0.717) is 19.3 Å². The van der Waals surface area contributed by atoms with Gasteiger partial charge in [-0.2, -0.15) is 0 Å². The largest absolute Gasteiger partial charge is 0.472 e. The second-order valence-corrected chi connectivity index (χ2v) is 27.4. The van der Waals surface area contributed by atoms with Crippen LogP contribution in [0.1, 0.15) is 278 Å². The van der Waals surface area contributed by atoms with Crippen molar-refractivity contribution in [2.45, 2.75) is 382 Å². The maximum atomic E-state index is 14.3. The number of ether oxygens (including phenoxy) is 7. The first-order chi connectivity index (χ1) is 44.3. The van der Waals surface area contributed by atoms with E-state index in [1.165, 1.54) is 122 Å². The molecule has 18 unspecified atom stereocenters. The van der Waals surface area contributed by atoms with Gasteiger partial charge in [-0.1, -0.05) is 239 Å². The third kappa shape index (κ3) is 34.0. The highest BCUT2D eigenvalue weighted by molar-refractivity contribution is 7.47. The Morgan fingerprint density at radius 1 is 0.380 bits per heavy atom. The van der Waals surface area contributed by atoms with E-state index in [-0.39, 0.29) is 19.3 Å². The second-order valence-electron chi connectivity index (χ2n) is 26.0. The van der Waals surface area contributed by atoms with E-state index in [1.807, 2.05) is 0 Å². The molecule has 2 saturated heterocycles. The van der Waals surface area contributed by atoms with Gasteiger partial charge in [0.2, 0.25) is 0 Å². The van der Waals surface area contributed by atoms with Gasteiger partial charge in [0.05, 0.1) is 13.2 Å². The van der Waals surface area contributed by atoms with Crippen LogP contribution in [0.5, 0.6) is 0 Å². The lowest BCUT2D eigenvalue weighted by atomic mass is 9.84. The molecule has 0 radical (unpaired) electrons. The average molecular weight is 1350 g/mol. The van der Waals surface area contributed by atoms with Crippen molar-refractivity contribution in [1.82, 2.24) is 0 Å². The van der Waals surface area contributed by atoms with Crippen LogP contribution in [0.15, 0.2) is 0 Å². The Morgan fingerprint density at radius 3 is 1.07 bits per heavy atom. The zero-order valence-electron chi connectivity index (χ0n) is 56.1. The summed E-state index contributed by atoms with van der Waals surface area (Å²) in [6.45, 7) is 3.41. The quantitative estimate of drug-likeness (QED) is 0.0117. The molecule has 0 spiro atoms. The van der Waals surface area contributed by atoms with Gasteiger partial charge in [0.25, 0.3) is 0 Å². The third-order valence-electron chi connectivity index (χ3n) is 17.9. The number of phosphoric acid groups is 1. The van der Waals surface area contributed by atoms with E-state index in [2.05, 4.69) is 20.8 Å². The van der Waals surface area contributed by atoms with Crippen LogP contribution in [0, 0.1) is 0 Å². The molecule has 11 N–H and O–H groups in total. The minimum absolute atomic E-state index is 0.0338. The first kappa shape index (κ1) is 84.2. The van der Waals surface area contributed by atoms with E-state index < -0.39 is 156 Å². The molecule has 0 bridgehead atoms. The second kappa shape index (κ2) is 50.3. The Labute approximate surface area is 549 Å². The zero-order chi connectivity index (χ0) is 67.5. The van der Waals surface area contributed by atoms with E-state index in [1.54, 1.807) is 0 Å². The standard InChI is InChI=1S/C67H125O24P/c1-4-7-10-13-16-19-22-23-24-25-28-30-33-36-39-42-52(70)84-47-50-55(73)57(75)62(80)67(88-50)90-64-60(78)58(76)59(77)63(89-66-61(79)56(74)54(72)49(44-68)87-66)65(64)91-92(81,82)85-46-48(86-53(71)43-40-37-34-31-27-21-18-15-12-9-6-3)45-83-51(69)41-38-35-32-29-26-20-17-14-11-8-5-2/h48-50,54-68,72-80H,4-47H2,1-3H3,(H,81,82). The van der Waals surface area contributed by atoms with Gasteiger partial charge in [0, 0.05) is 19.3 Å². The van der Waals surface area contributed by atoms with E-state index in [4.69, 9.17) is 42.2 Å². The maximum absolute atomic E-state index is 14.3. The summed E-state index contributed by atoms with van der Waals surface area (Å²) in [6, 6.07) is 0. The van der Waals surface area contributed by atoms with Crippen LogP contribution in [0.3, 0.4) is 0 Å². The number of aliphatic hydroxyl groups is 10. The van der Waals surface area contributed by atoms with Gasteiger partial charge in [-0.25, -0.2) is 4.57 Å². The van der Waals surface area contributed by atoms with Crippen LogP contribution in [-0.4, -0.2) is 204 Å². The van der Waals surface area contributed by atoms with Crippen molar-refractivity contribution in [1.29, 1.82) is 0 Å². The molecule has 1 saturated carbocycles. The summed E-state index contributed by atoms with van der Waals surface area (Å²) in [5, 5.41) is 110. The summed E-state index contributed by atoms with van der Waals surface area (Å²) in [7, 11) is -5.68. The Hall–Kier alpha value is -2.04. The number of esters is 3. The topological polar surface area (TPSA) is 374 Å². The Bertz CT molecular complexity index is 1920. The number of carbonyl (C=O) groups excluding carboxylic acids is 3. The summed E-state index contributed by atoms with van der Waals surface area (Å²) in [6.07, 6.45) is 4.92. The fourth-order valence-electron chi connectivity index (χ4n) is 12.0. The monoisotopic (exact) mass is 1340 g/mol. The molecule has 2 aliphatic heterocycles. The molecule has 3 rings (SSSR count). The molecular weight excluding hydrogens is 1220 g/mol. The van der Waals surface area contributed by atoms with Crippen LogP contribution in [0.2, 0.25) is 0 Å². The lowest BCUT2D eigenvalue weighted by Crippen LogP contribution is -2.69. The normalized spacial score (nSPS) is 28.6. The molecular formula is C67H125O24P. The summed E-state index contributed by atoms with van der Waals surface area (Å²) >= 11 is 0. The number of unbranched alkanes of at least 4 members (excludes halogenated alkanes) is 34. The number of carbonyl (C=O) groups is 3. The van der Waals surface area contributed by atoms with Crippen LogP contribution in [-0.2, 0) is 61.2 Å². The minimum Gasteiger partial charge on any atom is -0.463 e. The van der Waals surface area contributed by atoms with Gasteiger partial charge in [0.15, 0.2) is 18.7 Å². The number of hydrogen-bond donors (Lipinski definition) is 11. The fraction of sp³-hybridized carbons (Fsp3) is 0.955. The molecule has 542 valence electrons. The fourth-order valence-corrected chi connectivity index (χ4v) is 13.0. The summed E-state index contributed by atoms with van der Waals surface area (Å²) in [4.78, 5) is 50.8. The van der Waals surface area contributed by atoms with Gasteiger partial charge in [-0.15, -0.1) is 0 Å². The number of aliphatic hydroxyl groups excluding tert-OH is 10. The Morgan fingerprint density at radius 2 is 0.696 bits per heavy atom. The predicted octanol–water partition coefficient (Wildman–Crippen LogP) is 8.62. The van der Waals surface area contributed by atoms with Crippen molar-refractivity contribution in [3.05, 3.63) is 0 Å². The molecule has 0 aromatic rings. The van der Waals surface area contributed by atoms with E-state index >= 15 is 0 Å². The average Bonchev–Trinajstić information content (AvgIpc) is 0.774. The molecule has 18 atom stereocenters. The molecule has 2 heterocycles. The predicted molar refractivity (Wildman–Crippen MR) is 342 cm³/mol. The number of hydrogen-bond acceptors (Lipinski definition) is 23. The van der Waals surface area contributed by atoms with E-state index in [0.717, 1.165) is 96.3 Å². The van der Waals surface area contributed by atoms with Crippen molar-refractivity contribution >= 4 is 25.7 Å². The molecule has 24 nitrogen and oxygen atoms in total. The van der Waals surface area contributed by atoms with Gasteiger partial charge in [-0.05, 0) is 19.3 Å². The highest BCUT2D eigenvalue weighted by Crippen LogP contribution is 2.49. The Kier molecular flexibility index (Phi) is 46.0. The van der Waals surface area contributed by atoms with Crippen molar-refractivity contribution in [2.24, 2.45) is 0 Å².